The molecule has 8 heteroatoms. The van der Waals surface area contributed by atoms with Crippen LogP contribution in [0.2, 0.25) is 10.0 Å². The van der Waals surface area contributed by atoms with Crippen LogP contribution < -0.4 is 19.9 Å². The van der Waals surface area contributed by atoms with Gasteiger partial charge in [-0.15, -0.1) is 0 Å². The van der Waals surface area contributed by atoms with Crippen LogP contribution in [0.15, 0.2) is 78.2 Å². The molecule has 160 valence electrons. The van der Waals surface area contributed by atoms with Gasteiger partial charge in [0.1, 0.15) is 28.9 Å². The van der Waals surface area contributed by atoms with E-state index in [4.69, 9.17) is 43.1 Å². The number of hydrogen-bond acceptors (Lipinski definition) is 6. The fraction of sp³-hybridized carbons (Fsp3) is 0.0833. The van der Waals surface area contributed by atoms with E-state index < -0.39 is 11.9 Å². The lowest BCUT2D eigenvalue weighted by molar-refractivity contribution is -0.136. The minimum atomic E-state index is -0.607. The van der Waals surface area contributed by atoms with Crippen LogP contribution in [0.3, 0.4) is 0 Å². The van der Waals surface area contributed by atoms with E-state index in [2.05, 4.69) is 6.07 Å². The molecule has 1 unspecified atom stereocenters. The van der Waals surface area contributed by atoms with Gasteiger partial charge in [-0.25, -0.2) is 4.79 Å². The lowest BCUT2D eigenvalue weighted by Gasteiger charge is -2.27. The lowest BCUT2D eigenvalue weighted by Crippen LogP contribution is -2.22. The van der Waals surface area contributed by atoms with Crippen molar-refractivity contribution in [2.45, 2.75) is 5.92 Å². The summed E-state index contributed by atoms with van der Waals surface area (Å²) in [6.07, 6.45) is 0. The number of carbonyl (C=O) groups excluding carboxylic acids is 1. The summed E-state index contributed by atoms with van der Waals surface area (Å²) < 4.78 is 16.4. The van der Waals surface area contributed by atoms with Crippen molar-refractivity contribution in [2.75, 3.05) is 6.61 Å². The Hall–Kier alpha value is -3.66. The van der Waals surface area contributed by atoms with E-state index in [1.807, 2.05) is 12.1 Å². The van der Waals surface area contributed by atoms with Gasteiger partial charge in [0.2, 0.25) is 5.88 Å². The van der Waals surface area contributed by atoms with Crippen LogP contribution in [0.4, 0.5) is 0 Å². The van der Waals surface area contributed by atoms with Crippen molar-refractivity contribution in [3.8, 4) is 23.3 Å². The van der Waals surface area contributed by atoms with Crippen LogP contribution in [-0.4, -0.2) is 12.6 Å². The fourth-order valence-corrected chi connectivity index (χ4v) is 3.81. The number of benzene rings is 3. The van der Waals surface area contributed by atoms with Gasteiger partial charge >= 0.3 is 5.97 Å². The second-order valence-electron chi connectivity index (χ2n) is 6.87. The molecule has 1 aliphatic heterocycles. The third kappa shape index (κ3) is 4.50. The van der Waals surface area contributed by atoms with Crippen LogP contribution in [0.1, 0.15) is 17.0 Å². The topological polar surface area (TPSA) is 94.6 Å². The molecule has 0 saturated carbocycles. The molecule has 1 atom stereocenters. The molecule has 32 heavy (non-hydrogen) atoms. The summed E-state index contributed by atoms with van der Waals surface area (Å²) in [6, 6.07) is 20.9. The summed E-state index contributed by atoms with van der Waals surface area (Å²) in [7, 11) is 0. The highest BCUT2D eigenvalue weighted by Crippen LogP contribution is 2.45. The number of fused-ring (bicyclic) bond motifs is 1. The van der Waals surface area contributed by atoms with Crippen molar-refractivity contribution in [2.24, 2.45) is 5.73 Å². The first-order valence-electron chi connectivity index (χ1n) is 9.51. The quantitative estimate of drug-likeness (QED) is 0.410. The smallest absolute Gasteiger partial charge is 0.349 e. The Morgan fingerprint density at radius 1 is 1.03 bits per heavy atom. The molecule has 0 saturated heterocycles. The van der Waals surface area contributed by atoms with Gasteiger partial charge in [0.25, 0.3) is 0 Å². The first-order chi connectivity index (χ1) is 15.5. The number of ether oxygens (including phenoxy) is 3. The normalized spacial score (nSPS) is 14.7. The molecule has 0 amide bonds. The Labute approximate surface area is 194 Å². The predicted octanol–water partition coefficient (Wildman–Crippen LogP) is 5.20. The van der Waals surface area contributed by atoms with Crippen molar-refractivity contribution < 1.29 is 19.0 Å². The predicted molar refractivity (Wildman–Crippen MR) is 120 cm³/mol. The Bertz CT molecular complexity index is 1270. The van der Waals surface area contributed by atoms with Gasteiger partial charge in [-0.05, 0) is 35.9 Å². The maximum atomic E-state index is 12.2. The molecule has 1 aliphatic rings. The van der Waals surface area contributed by atoms with Gasteiger partial charge in [0.15, 0.2) is 6.61 Å². The molecule has 3 aromatic carbocycles. The zero-order valence-corrected chi connectivity index (χ0v) is 18.1. The van der Waals surface area contributed by atoms with E-state index in [0.717, 1.165) is 5.56 Å². The molecule has 0 aromatic heterocycles. The number of rotatable bonds is 5. The zero-order chi connectivity index (χ0) is 22.7. The Morgan fingerprint density at radius 3 is 2.59 bits per heavy atom. The first kappa shape index (κ1) is 21.6. The second-order valence-corrected chi connectivity index (χ2v) is 7.71. The number of allylic oxidation sites excluding steroid dienone is 1. The number of halogens is 2. The molecule has 1 heterocycles. The van der Waals surface area contributed by atoms with Crippen molar-refractivity contribution in [1.29, 1.82) is 5.26 Å². The van der Waals surface area contributed by atoms with Crippen molar-refractivity contribution in [3.63, 3.8) is 0 Å². The maximum absolute atomic E-state index is 12.2. The van der Waals surface area contributed by atoms with Crippen LogP contribution >= 0.6 is 23.2 Å². The molecule has 6 nitrogen and oxygen atoms in total. The molecular weight excluding hydrogens is 451 g/mol. The number of esters is 1. The SMILES string of the molecule is N#CC1=C(N)Oc2cc(OC(=O)COc3cccc(Cl)c3)ccc2C1c1ccccc1Cl. The standard InChI is InChI=1S/C24H16Cl2N2O4/c25-14-4-3-5-15(10-14)30-13-22(29)31-16-8-9-18-21(11-16)32-24(28)19(12-27)23(18)17-6-1-2-7-20(17)26/h1-11,23H,13,28H2. The number of hydrogen-bond donors (Lipinski definition) is 1. The third-order valence-electron chi connectivity index (χ3n) is 4.79. The number of nitriles is 1. The Balaban J connectivity index is 1.56. The molecule has 0 aliphatic carbocycles. The number of nitrogens with two attached hydrogens (primary N) is 1. The monoisotopic (exact) mass is 466 g/mol. The molecular formula is C24H16Cl2N2O4. The summed E-state index contributed by atoms with van der Waals surface area (Å²) in [6.45, 7) is -0.304. The minimum absolute atomic E-state index is 0.0299. The molecule has 2 N–H and O–H groups in total. The van der Waals surface area contributed by atoms with Gasteiger partial charge in [-0.2, -0.15) is 5.26 Å². The molecule has 0 radical (unpaired) electrons. The van der Waals surface area contributed by atoms with Gasteiger partial charge in [-0.1, -0.05) is 53.5 Å². The van der Waals surface area contributed by atoms with Crippen LogP contribution in [0, 0.1) is 11.3 Å². The Kier molecular flexibility index (Phi) is 6.22. The van der Waals surface area contributed by atoms with Crippen LogP contribution in [-0.2, 0) is 4.79 Å². The molecule has 0 spiro atoms. The van der Waals surface area contributed by atoms with E-state index in [1.54, 1.807) is 48.5 Å². The van der Waals surface area contributed by atoms with E-state index in [-0.39, 0.29) is 23.8 Å². The highest BCUT2D eigenvalue weighted by atomic mass is 35.5. The first-order valence-corrected chi connectivity index (χ1v) is 10.3. The summed E-state index contributed by atoms with van der Waals surface area (Å²) >= 11 is 12.3. The van der Waals surface area contributed by atoms with Crippen LogP contribution in [0.25, 0.3) is 0 Å². The van der Waals surface area contributed by atoms with Gasteiger partial charge in [0.05, 0.1) is 5.92 Å². The molecule has 0 bridgehead atoms. The third-order valence-corrected chi connectivity index (χ3v) is 5.37. The second kappa shape index (κ2) is 9.23. The summed E-state index contributed by atoms with van der Waals surface area (Å²) in [4.78, 5) is 12.2. The summed E-state index contributed by atoms with van der Waals surface area (Å²) in [5.74, 6) is -0.0783. The molecule has 4 rings (SSSR count). The average Bonchev–Trinajstić information content (AvgIpc) is 2.77. The van der Waals surface area contributed by atoms with E-state index >= 15 is 0 Å². The lowest BCUT2D eigenvalue weighted by atomic mass is 9.83. The van der Waals surface area contributed by atoms with E-state index in [9.17, 15) is 10.1 Å². The summed E-state index contributed by atoms with van der Waals surface area (Å²) in [5.41, 5.74) is 7.67. The van der Waals surface area contributed by atoms with Crippen molar-refractivity contribution in [1.82, 2.24) is 0 Å². The van der Waals surface area contributed by atoms with Crippen molar-refractivity contribution >= 4 is 29.2 Å². The maximum Gasteiger partial charge on any atom is 0.349 e. The van der Waals surface area contributed by atoms with Crippen LogP contribution in [0.5, 0.6) is 17.2 Å². The van der Waals surface area contributed by atoms with E-state index in [0.29, 0.717) is 27.1 Å². The average molecular weight is 467 g/mol. The minimum Gasteiger partial charge on any atom is -0.482 e. The fourth-order valence-electron chi connectivity index (χ4n) is 3.39. The zero-order valence-electron chi connectivity index (χ0n) is 16.5. The van der Waals surface area contributed by atoms with Crippen molar-refractivity contribution in [3.05, 3.63) is 99.4 Å². The number of carbonyl (C=O) groups is 1. The number of nitrogens with zero attached hydrogens (tertiary/aromatic N) is 1. The van der Waals surface area contributed by atoms with Gasteiger partial charge in [0, 0.05) is 21.7 Å². The summed E-state index contributed by atoms with van der Waals surface area (Å²) in [5, 5.41) is 10.6. The highest BCUT2D eigenvalue weighted by Gasteiger charge is 2.32. The van der Waals surface area contributed by atoms with Gasteiger partial charge in [-0.3, -0.25) is 0 Å². The largest absolute Gasteiger partial charge is 0.482 e. The van der Waals surface area contributed by atoms with E-state index in [1.165, 1.54) is 6.07 Å². The molecule has 3 aromatic rings. The highest BCUT2D eigenvalue weighted by molar-refractivity contribution is 6.31. The molecule has 0 fully saturated rings. The Morgan fingerprint density at radius 2 is 1.84 bits per heavy atom. The van der Waals surface area contributed by atoms with Gasteiger partial charge < -0.3 is 19.9 Å².